The topological polar surface area (TPSA) is 80.5 Å². The van der Waals surface area contributed by atoms with Crippen molar-refractivity contribution >= 4 is 36.1 Å². The average molecular weight is 469 g/mol. The van der Waals surface area contributed by atoms with Gasteiger partial charge < -0.3 is 18.0 Å². The van der Waals surface area contributed by atoms with Gasteiger partial charge in [0.05, 0.1) is 19.0 Å². The lowest BCUT2D eigenvalue weighted by atomic mass is 10.2. The van der Waals surface area contributed by atoms with Crippen LogP contribution in [0.5, 0.6) is 5.88 Å². The Labute approximate surface area is 182 Å². The molecule has 8 nitrogen and oxygen atoms in total. The van der Waals surface area contributed by atoms with Crippen molar-refractivity contribution in [1.29, 1.82) is 0 Å². The molecule has 0 N–H and O–H groups in total. The van der Waals surface area contributed by atoms with Gasteiger partial charge in [-0.1, -0.05) is 0 Å². The van der Waals surface area contributed by atoms with Gasteiger partial charge in [-0.05, 0) is 58.9 Å². The SMILES string of the molecule is C[Si](C)(C)OCC1OC(n2cnc3c(O[Si](C)(C)C)ncnc32)CC1O[Si](C)(C)C. The Hall–Kier alpha value is -1.12. The second-order valence-electron chi connectivity index (χ2n) is 10.8. The highest BCUT2D eigenvalue weighted by Crippen LogP contribution is 2.35. The summed E-state index contributed by atoms with van der Waals surface area (Å²) in [6.07, 6.45) is 3.73. The predicted octanol–water partition coefficient (Wildman–Crippen LogP) is 4.40. The summed E-state index contributed by atoms with van der Waals surface area (Å²) < 4.78 is 27.2. The van der Waals surface area contributed by atoms with E-state index in [9.17, 15) is 0 Å². The van der Waals surface area contributed by atoms with E-state index in [0.29, 0.717) is 18.0 Å². The molecule has 30 heavy (non-hydrogen) atoms. The zero-order chi connectivity index (χ0) is 22.3. The largest absolute Gasteiger partial charge is 0.530 e. The molecule has 2 aromatic heterocycles. The molecule has 11 heteroatoms. The van der Waals surface area contributed by atoms with E-state index in [1.54, 1.807) is 6.33 Å². The molecule has 0 aromatic carbocycles. The van der Waals surface area contributed by atoms with E-state index in [0.717, 1.165) is 12.1 Å². The van der Waals surface area contributed by atoms with Gasteiger partial charge in [-0.25, -0.2) is 15.0 Å². The molecule has 1 aliphatic rings. The molecular formula is C19H36N4O4Si3. The van der Waals surface area contributed by atoms with Crippen molar-refractivity contribution in [3.8, 4) is 5.88 Å². The molecule has 2 aromatic rings. The molecule has 168 valence electrons. The Morgan fingerprint density at radius 2 is 1.67 bits per heavy atom. The van der Waals surface area contributed by atoms with E-state index < -0.39 is 25.0 Å². The average Bonchev–Trinajstić information content (AvgIpc) is 3.14. The van der Waals surface area contributed by atoms with Gasteiger partial charge in [0.2, 0.25) is 14.2 Å². The van der Waals surface area contributed by atoms with Crippen LogP contribution in [0.2, 0.25) is 58.9 Å². The molecule has 0 aliphatic carbocycles. The van der Waals surface area contributed by atoms with Crippen LogP contribution in [0.25, 0.3) is 11.2 Å². The van der Waals surface area contributed by atoms with E-state index in [1.807, 2.05) is 4.57 Å². The Balaban J connectivity index is 1.86. The second kappa shape index (κ2) is 8.43. The summed E-state index contributed by atoms with van der Waals surface area (Å²) >= 11 is 0. The third kappa shape index (κ3) is 6.20. The molecule has 1 fully saturated rings. The zero-order valence-electron chi connectivity index (χ0n) is 19.7. The maximum Gasteiger partial charge on any atom is 0.244 e. The molecule has 3 rings (SSSR count). The van der Waals surface area contributed by atoms with Crippen LogP contribution in [-0.2, 0) is 13.6 Å². The third-order valence-electron chi connectivity index (χ3n) is 4.40. The van der Waals surface area contributed by atoms with Crippen LogP contribution in [-0.4, -0.2) is 63.3 Å². The van der Waals surface area contributed by atoms with Crippen LogP contribution >= 0.6 is 0 Å². The maximum atomic E-state index is 6.47. The number of imidazole rings is 1. The van der Waals surface area contributed by atoms with E-state index in [-0.39, 0.29) is 18.4 Å². The quantitative estimate of drug-likeness (QED) is 0.531. The van der Waals surface area contributed by atoms with Crippen LogP contribution in [0.4, 0.5) is 0 Å². The Morgan fingerprint density at radius 3 is 2.27 bits per heavy atom. The number of rotatable bonds is 8. The van der Waals surface area contributed by atoms with E-state index >= 15 is 0 Å². The molecule has 3 unspecified atom stereocenters. The van der Waals surface area contributed by atoms with E-state index in [1.165, 1.54) is 6.33 Å². The standard InChI is InChI=1S/C19H36N4O4Si3/c1-28(2,3)24-11-15-14(26-29(4,5)6)10-16(25-15)23-13-22-17-18(23)20-12-21-19(17)27-30(7,8)9/h12-16H,10-11H2,1-9H3. The fraction of sp³-hybridized carbons (Fsp3) is 0.737. The minimum atomic E-state index is -1.81. The molecule has 3 heterocycles. The highest BCUT2D eigenvalue weighted by Gasteiger charge is 2.40. The third-order valence-corrected chi connectivity index (χ3v) is 7.25. The Morgan fingerprint density at radius 1 is 0.967 bits per heavy atom. The summed E-state index contributed by atoms with van der Waals surface area (Å²) in [4.78, 5) is 13.3. The minimum Gasteiger partial charge on any atom is -0.530 e. The second-order valence-corrected chi connectivity index (χ2v) is 24.2. The smallest absolute Gasteiger partial charge is 0.244 e. The molecule has 1 saturated heterocycles. The van der Waals surface area contributed by atoms with Crippen LogP contribution in [0.3, 0.4) is 0 Å². The highest BCUT2D eigenvalue weighted by atomic mass is 28.4. The number of hydrogen-bond acceptors (Lipinski definition) is 7. The van der Waals surface area contributed by atoms with Crippen LogP contribution < -0.4 is 4.43 Å². The molecule has 0 radical (unpaired) electrons. The Bertz CT molecular complexity index is 873. The number of aromatic nitrogens is 4. The highest BCUT2D eigenvalue weighted by molar-refractivity contribution is 6.70. The van der Waals surface area contributed by atoms with Crippen molar-refractivity contribution in [3.05, 3.63) is 12.7 Å². The summed E-state index contributed by atoms with van der Waals surface area (Å²) in [5.41, 5.74) is 1.40. The Kier molecular flexibility index (Phi) is 6.62. The summed E-state index contributed by atoms with van der Waals surface area (Å²) in [5, 5.41) is 0. The summed E-state index contributed by atoms with van der Waals surface area (Å²) in [7, 11) is -5.20. The number of ether oxygens (including phenoxy) is 1. The molecule has 3 atom stereocenters. The molecule has 0 spiro atoms. The van der Waals surface area contributed by atoms with Gasteiger partial charge in [-0.3, -0.25) is 4.57 Å². The van der Waals surface area contributed by atoms with Gasteiger partial charge in [-0.2, -0.15) is 0 Å². The summed E-state index contributed by atoms with van der Waals surface area (Å²) in [6.45, 7) is 20.1. The lowest BCUT2D eigenvalue weighted by Gasteiger charge is -2.28. The van der Waals surface area contributed by atoms with Gasteiger partial charge in [0, 0.05) is 6.42 Å². The molecule has 0 bridgehead atoms. The lowest BCUT2D eigenvalue weighted by molar-refractivity contribution is -0.0367. The molecule has 0 amide bonds. The first-order chi connectivity index (χ1) is 13.7. The van der Waals surface area contributed by atoms with Gasteiger partial charge >= 0.3 is 0 Å². The number of hydrogen-bond donors (Lipinski definition) is 0. The van der Waals surface area contributed by atoms with E-state index in [2.05, 4.69) is 73.9 Å². The normalized spacial score (nSPS) is 23.3. The minimum absolute atomic E-state index is 0.00462. The predicted molar refractivity (Wildman–Crippen MR) is 125 cm³/mol. The summed E-state index contributed by atoms with van der Waals surface area (Å²) in [6, 6.07) is 0. The van der Waals surface area contributed by atoms with Gasteiger partial charge in [0.1, 0.15) is 18.7 Å². The van der Waals surface area contributed by atoms with Gasteiger partial charge in [0.15, 0.2) is 27.8 Å². The van der Waals surface area contributed by atoms with Crippen molar-refractivity contribution in [2.45, 2.75) is 83.8 Å². The first-order valence-electron chi connectivity index (χ1n) is 10.6. The number of fused-ring (bicyclic) bond motifs is 1. The monoisotopic (exact) mass is 468 g/mol. The van der Waals surface area contributed by atoms with Crippen molar-refractivity contribution in [2.75, 3.05) is 6.61 Å². The fourth-order valence-corrected chi connectivity index (χ4v) is 5.89. The zero-order valence-corrected chi connectivity index (χ0v) is 22.7. The molecule has 1 aliphatic heterocycles. The van der Waals surface area contributed by atoms with Crippen molar-refractivity contribution < 1.29 is 18.0 Å². The molecule has 0 saturated carbocycles. The van der Waals surface area contributed by atoms with Crippen molar-refractivity contribution in [3.63, 3.8) is 0 Å². The van der Waals surface area contributed by atoms with Crippen molar-refractivity contribution in [1.82, 2.24) is 19.5 Å². The maximum absolute atomic E-state index is 6.47. The fourth-order valence-electron chi connectivity index (χ4n) is 3.34. The first kappa shape index (κ1) is 23.5. The van der Waals surface area contributed by atoms with Crippen molar-refractivity contribution in [2.24, 2.45) is 0 Å². The lowest BCUT2D eigenvalue weighted by Crippen LogP contribution is -2.40. The van der Waals surface area contributed by atoms with Gasteiger partial charge in [-0.15, -0.1) is 0 Å². The van der Waals surface area contributed by atoms with Crippen LogP contribution in [0, 0.1) is 0 Å². The van der Waals surface area contributed by atoms with Crippen LogP contribution in [0.1, 0.15) is 12.6 Å². The van der Waals surface area contributed by atoms with E-state index in [4.69, 9.17) is 18.0 Å². The van der Waals surface area contributed by atoms with Crippen LogP contribution in [0.15, 0.2) is 12.7 Å². The van der Waals surface area contributed by atoms with Gasteiger partial charge in [0.25, 0.3) is 0 Å². The number of nitrogens with zero attached hydrogens (tertiary/aromatic N) is 4. The first-order valence-corrected chi connectivity index (χ1v) is 20.8. The summed E-state index contributed by atoms with van der Waals surface area (Å²) in [5.74, 6) is 0.546. The molecular weight excluding hydrogens is 432 g/mol.